The third-order valence-electron chi connectivity index (χ3n) is 1.65. The zero-order valence-electron chi connectivity index (χ0n) is 5.96. The third-order valence-corrected chi connectivity index (χ3v) is 1.65. The summed E-state index contributed by atoms with van der Waals surface area (Å²) >= 11 is 0. The van der Waals surface area contributed by atoms with Gasteiger partial charge in [0, 0.05) is 0 Å². The van der Waals surface area contributed by atoms with Gasteiger partial charge in [0.15, 0.2) is 17.8 Å². The van der Waals surface area contributed by atoms with Crippen LogP contribution in [-0.2, 0) is 0 Å². The second-order valence-electron chi connectivity index (χ2n) is 2.24. The van der Waals surface area contributed by atoms with Gasteiger partial charge in [0.2, 0.25) is 5.75 Å². The van der Waals surface area contributed by atoms with Crippen molar-refractivity contribution in [1.82, 2.24) is 0 Å². The van der Waals surface area contributed by atoms with E-state index >= 15 is 0 Å². The molecule has 3 nitrogen and oxygen atoms in total. The first-order chi connectivity index (χ1) is 5.36. The molecule has 0 spiro atoms. The Labute approximate surface area is 63.5 Å². The Morgan fingerprint density at radius 1 is 1.55 bits per heavy atom. The molecule has 3 heteroatoms. The van der Waals surface area contributed by atoms with E-state index in [1.54, 1.807) is 19.2 Å². The van der Waals surface area contributed by atoms with Gasteiger partial charge in [0.05, 0.1) is 12.7 Å². The van der Waals surface area contributed by atoms with Crippen LogP contribution < -0.4 is 9.47 Å². The van der Waals surface area contributed by atoms with Crippen LogP contribution in [0.1, 0.15) is 10.4 Å². The number of hydrogen-bond acceptors (Lipinski definition) is 3. The second-order valence-corrected chi connectivity index (χ2v) is 2.24. The molecular formula is C8H6O3. The fourth-order valence-electron chi connectivity index (χ4n) is 1.10. The lowest BCUT2D eigenvalue weighted by atomic mass is 10.1. The van der Waals surface area contributed by atoms with Gasteiger partial charge in [-0.25, -0.2) is 0 Å². The summed E-state index contributed by atoms with van der Waals surface area (Å²) in [5, 5.41) is 0. The number of rotatable bonds is 2. The Hall–Kier alpha value is -1.51. The van der Waals surface area contributed by atoms with E-state index in [2.05, 4.69) is 0 Å². The topological polar surface area (TPSA) is 35.5 Å². The minimum atomic E-state index is 0.539. The summed E-state index contributed by atoms with van der Waals surface area (Å²) < 4.78 is 10.1. The highest BCUT2D eigenvalue weighted by atomic mass is 16.6. The smallest absolute Gasteiger partial charge is 0.205 e. The maximum absolute atomic E-state index is 10.4. The SMILES string of the molecule is COc1c2ccc(C=O)c1O2. The molecule has 0 fully saturated rings. The van der Waals surface area contributed by atoms with Crippen LogP contribution >= 0.6 is 0 Å². The van der Waals surface area contributed by atoms with Crippen molar-refractivity contribution in [2.45, 2.75) is 0 Å². The molecule has 0 aromatic heterocycles. The molecule has 2 aliphatic heterocycles. The van der Waals surface area contributed by atoms with Gasteiger partial charge in [0.1, 0.15) is 0 Å². The van der Waals surface area contributed by atoms with Crippen LogP contribution in [0.3, 0.4) is 0 Å². The van der Waals surface area contributed by atoms with Gasteiger partial charge >= 0.3 is 0 Å². The van der Waals surface area contributed by atoms with E-state index in [0.29, 0.717) is 22.8 Å². The Morgan fingerprint density at radius 3 is 2.91 bits per heavy atom. The van der Waals surface area contributed by atoms with Gasteiger partial charge in [-0.05, 0) is 12.1 Å². The molecule has 0 saturated heterocycles. The first kappa shape index (κ1) is 6.22. The molecule has 3 rings (SSSR count). The molecule has 0 unspecified atom stereocenters. The molecule has 56 valence electrons. The second kappa shape index (κ2) is 1.99. The van der Waals surface area contributed by atoms with Gasteiger partial charge in [-0.15, -0.1) is 0 Å². The van der Waals surface area contributed by atoms with Gasteiger partial charge in [0.25, 0.3) is 0 Å². The molecule has 2 heterocycles. The summed E-state index contributed by atoms with van der Waals surface area (Å²) in [6, 6.07) is 3.43. The molecule has 2 bridgehead atoms. The number of ether oxygens (including phenoxy) is 2. The average molecular weight is 150 g/mol. The van der Waals surface area contributed by atoms with Gasteiger partial charge in [-0.1, -0.05) is 0 Å². The van der Waals surface area contributed by atoms with E-state index in [4.69, 9.17) is 9.47 Å². The summed E-state index contributed by atoms with van der Waals surface area (Å²) in [6.07, 6.45) is 0.751. The zero-order chi connectivity index (χ0) is 7.84. The van der Waals surface area contributed by atoms with Gasteiger partial charge in [-0.3, -0.25) is 4.79 Å². The number of carbonyl (C=O) groups excluding carboxylic acids is 1. The lowest BCUT2D eigenvalue weighted by Crippen LogP contribution is -2.04. The van der Waals surface area contributed by atoms with Gasteiger partial charge in [-0.2, -0.15) is 0 Å². The van der Waals surface area contributed by atoms with Crippen molar-refractivity contribution in [2.24, 2.45) is 0 Å². The van der Waals surface area contributed by atoms with E-state index in [0.717, 1.165) is 6.29 Å². The minimum Gasteiger partial charge on any atom is -0.490 e. The lowest BCUT2D eigenvalue weighted by Gasteiger charge is -2.23. The first-order valence-electron chi connectivity index (χ1n) is 3.21. The quantitative estimate of drug-likeness (QED) is 0.610. The standard InChI is InChI=1S/C8H6O3/c1-10-8-6-3-2-5(4-9)7(8)11-6/h2-4H,1H3. The largest absolute Gasteiger partial charge is 0.490 e. The van der Waals surface area contributed by atoms with E-state index in [1.807, 2.05) is 0 Å². The van der Waals surface area contributed by atoms with Crippen molar-refractivity contribution >= 4 is 6.29 Å². The highest BCUT2D eigenvalue weighted by molar-refractivity contribution is 5.85. The summed E-state index contributed by atoms with van der Waals surface area (Å²) in [4.78, 5) is 10.4. The third kappa shape index (κ3) is 0.648. The number of fused-ring (bicyclic) bond motifs is 2. The number of carbonyl (C=O) groups is 1. The monoisotopic (exact) mass is 150 g/mol. The van der Waals surface area contributed by atoms with Crippen LogP contribution in [0.25, 0.3) is 0 Å². The molecule has 0 N–H and O–H groups in total. The normalized spacial score (nSPS) is 11.4. The average Bonchev–Trinajstić information content (AvgIpc) is 2.05. The maximum Gasteiger partial charge on any atom is 0.205 e. The molecule has 0 aliphatic carbocycles. The molecule has 0 amide bonds. The highest BCUT2D eigenvalue weighted by Crippen LogP contribution is 2.51. The van der Waals surface area contributed by atoms with Crippen LogP contribution in [0.15, 0.2) is 12.1 Å². The highest BCUT2D eigenvalue weighted by Gasteiger charge is 2.26. The van der Waals surface area contributed by atoms with Crippen LogP contribution in [0.4, 0.5) is 0 Å². The van der Waals surface area contributed by atoms with Crippen LogP contribution in [-0.4, -0.2) is 13.4 Å². The lowest BCUT2D eigenvalue weighted by molar-refractivity contribution is 0.111. The fraction of sp³-hybridized carbons (Fsp3) is 0.125. The van der Waals surface area contributed by atoms with Crippen molar-refractivity contribution in [3.63, 3.8) is 0 Å². The van der Waals surface area contributed by atoms with Crippen molar-refractivity contribution < 1.29 is 14.3 Å². The van der Waals surface area contributed by atoms with Crippen molar-refractivity contribution in [3.8, 4) is 17.2 Å². The van der Waals surface area contributed by atoms with Gasteiger partial charge < -0.3 is 9.47 Å². The Morgan fingerprint density at radius 2 is 2.36 bits per heavy atom. The molecule has 11 heavy (non-hydrogen) atoms. The number of aldehydes is 1. The zero-order valence-corrected chi connectivity index (χ0v) is 5.96. The van der Waals surface area contributed by atoms with E-state index in [1.165, 1.54) is 0 Å². The van der Waals surface area contributed by atoms with E-state index < -0.39 is 0 Å². The number of hydrogen-bond donors (Lipinski definition) is 0. The van der Waals surface area contributed by atoms with E-state index in [-0.39, 0.29) is 0 Å². The van der Waals surface area contributed by atoms with Crippen LogP contribution in [0.5, 0.6) is 17.2 Å². The Kier molecular flexibility index (Phi) is 1.12. The predicted molar refractivity (Wildman–Crippen MR) is 38.5 cm³/mol. The Bertz CT molecular complexity index is 317. The maximum atomic E-state index is 10.4. The summed E-state index contributed by atoms with van der Waals surface area (Å²) in [5.41, 5.74) is 0.539. The summed E-state index contributed by atoms with van der Waals surface area (Å²) in [7, 11) is 1.55. The van der Waals surface area contributed by atoms with Crippen molar-refractivity contribution in [2.75, 3.05) is 7.11 Å². The van der Waals surface area contributed by atoms with E-state index in [9.17, 15) is 4.79 Å². The molecule has 1 aromatic carbocycles. The minimum absolute atomic E-state index is 0.539. The summed E-state index contributed by atoms with van der Waals surface area (Å²) in [6.45, 7) is 0. The molecule has 0 radical (unpaired) electrons. The Balaban J connectivity index is 2.57. The van der Waals surface area contributed by atoms with Crippen molar-refractivity contribution in [1.29, 1.82) is 0 Å². The fourth-order valence-corrected chi connectivity index (χ4v) is 1.10. The molecule has 0 atom stereocenters. The molecule has 2 aliphatic rings. The predicted octanol–water partition coefficient (Wildman–Crippen LogP) is 1.61. The summed E-state index contributed by atoms with van der Waals surface area (Å²) in [5.74, 6) is 1.93. The molecule has 0 saturated carbocycles. The van der Waals surface area contributed by atoms with Crippen LogP contribution in [0.2, 0.25) is 0 Å². The first-order valence-corrected chi connectivity index (χ1v) is 3.21. The molecule has 1 aromatic rings. The van der Waals surface area contributed by atoms with Crippen LogP contribution in [0, 0.1) is 0 Å². The molecular weight excluding hydrogens is 144 g/mol. The van der Waals surface area contributed by atoms with Crippen molar-refractivity contribution in [3.05, 3.63) is 17.7 Å². The number of benzene rings is 1. The number of methoxy groups -OCH3 is 1.